The van der Waals surface area contributed by atoms with Crippen LogP contribution in [-0.4, -0.2) is 34.9 Å². The van der Waals surface area contributed by atoms with Crippen LogP contribution < -0.4 is 0 Å². The summed E-state index contributed by atoms with van der Waals surface area (Å²) in [6.07, 6.45) is 0.432. The van der Waals surface area contributed by atoms with Crippen molar-refractivity contribution in [1.29, 1.82) is 0 Å². The molecule has 5 nitrogen and oxygen atoms in total. The minimum absolute atomic E-state index is 0.0587. The molecular formula is C17H18N2O3S. The number of likely N-dealkylation sites (tertiary alicyclic amines) is 1. The predicted octanol–water partition coefficient (Wildman–Crippen LogP) is 2.66. The highest BCUT2D eigenvalue weighted by Crippen LogP contribution is 2.21. The largest absolute Gasteiger partial charge is 0.461 e. The minimum atomic E-state index is -0.348. The van der Waals surface area contributed by atoms with Crippen LogP contribution in [0.25, 0.3) is 0 Å². The Morgan fingerprint density at radius 1 is 1.39 bits per heavy atom. The number of benzene rings is 1. The Labute approximate surface area is 138 Å². The van der Waals surface area contributed by atoms with Crippen molar-refractivity contribution >= 4 is 23.2 Å². The summed E-state index contributed by atoms with van der Waals surface area (Å²) in [7, 11) is 0. The molecule has 0 spiro atoms. The SMILES string of the molecule is Cc1ncsc1C(=O)OCC1CC(=O)N(Cc2ccccc2)C1. The number of carbonyl (C=O) groups is 2. The number of hydrogen-bond acceptors (Lipinski definition) is 5. The minimum Gasteiger partial charge on any atom is -0.461 e. The van der Waals surface area contributed by atoms with E-state index in [4.69, 9.17) is 4.74 Å². The lowest BCUT2D eigenvalue weighted by atomic mass is 10.1. The van der Waals surface area contributed by atoms with Gasteiger partial charge in [-0.3, -0.25) is 4.79 Å². The van der Waals surface area contributed by atoms with Gasteiger partial charge in [0.2, 0.25) is 5.91 Å². The number of aromatic nitrogens is 1. The summed E-state index contributed by atoms with van der Waals surface area (Å²) in [6.45, 7) is 3.29. The van der Waals surface area contributed by atoms with Crippen molar-refractivity contribution in [2.24, 2.45) is 5.92 Å². The molecule has 2 heterocycles. The lowest BCUT2D eigenvalue weighted by molar-refractivity contribution is -0.128. The van der Waals surface area contributed by atoms with Gasteiger partial charge in [0.25, 0.3) is 0 Å². The maximum absolute atomic E-state index is 12.1. The summed E-state index contributed by atoms with van der Waals surface area (Å²) in [6, 6.07) is 9.90. The molecule has 0 aliphatic carbocycles. The molecule has 1 aliphatic rings. The second-order valence-electron chi connectivity index (χ2n) is 5.70. The molecule has 2 aromatic rings. The fourth-order valence-corrected chi connectivity index (χ4v) is 3.37. The fourth-order valence-electron chi connectivity index (χ4n) is 2.68. The first kappa shape index (κ1) is 15.7. The number of nitrogens with zero attached hydrogens (tertiary/aromatic N) is 2. The molecule has 1 aromatic heterocycles. The van der Waals surface area contributed by atoms with Crippen LogP contribution in [-0.2, 0) is 16.1 Å². The first-order chi connectivity index (χ1) is 11.1. The zero-order valence-corrected chi connectivity index (χ0v) is 13.7. The van der Waals surface area contributed by atoms with E-state index in [0.29, 0.717) is 30.1 Å². The van der Waals surface area contributed by atoms with Gasteiger partial charge in [-0.05, 0) is 12.5 Å². The number of aryl methyl sites for hydroxylation is 1. The summed E-state index contributed by atoms with van der Waals surface area (Å²) in [5.41, 5.74) is 3.43. The average Bonchev–Trinajstić information content (AvgIpc) is 3.12. The molecule has 23 heavy (non-hydrogen) atoms. The Morgan fingerprint density at radius 2 is 2.17 bits per heavy atom. The van der Waals surface area contributed by atoms with Crippen LogP contribution in [0, 0.1) is 12.8 Å². The Hall–Kier alpha value is -2.21. The molecule has 0 N–H and O–H groups in total. The molecule has 1 atom stereocenters. The molecule has 120 valence electrons. The van der Waals surface area contributed by atoms with Gasteiger partial charge in [-0.15, -0.1) is 11.3 Å². The Morgan fingerprint density at radius 3 is 2.87 bits per heavy atom. The molecule has 3 rings (SSSR count). The fraction of sp³-hybridized carbons (Fsp3) is 0.353. The van der Waals surface area contributed by atoms with E-state index in [2.05, 4.69) is 4.98 Å². The van der Waals surface area contributed by atoms with Gasteiger partial charge in [0, 0.05) is 25.4 Å². The first-order valence-electron chi connectivity index (χ1n) is 7.52. The second kappa shape index (κ2) is 6.91. The van der Waals surface area contributed by atoms with Crippen molar-refractivity contribution < 1.29 is 14.3 Å². The van der Waals surface area contributed by atoms with Gasteiger partial charge in [0.15, 0.2) is 0 Å². The molecule has 1 aromatic carbocycles. The van der Waals surface area contributed by atoms with Crippen LogP contribution in [0.5, 0.6) is 0 Å². The van der Waals surface area contributed by atoms with Gasteiger partial charge in [0.1, 0.15) is 4.88 Å². The average molecular weight is 330 g/mol. The third-order valence-corrected chi connectivity index (χ3v) is 4.80. The van der Waals surface area contributed by atoms with Gasteiger partial charge in [-0.2, -0.15) is 0 Å². The van der Waals surface area contributed by atoms with Crippen molar-refractivity contribution in [2.75, 3.05) is 13.2 Å². The van der Waals surface area contributed by atoms with E-state index >= 15 is 0 Å². The van der Waals surface area contributed by atoms with E-state index in [9.17, 15) is 9.59 Å². The standard InChI is InChI=1S/C17H18N2O3S/c1-12-16(23-11-18-12)17(21)22-10-14-7-15(20)19(9-14)8-13-5-3-2-4-6-13/h2-6,11,14H,7-10H2,1H3. The maximum Gasteiger partial charge on any atom is 0.350 e. The molecule has 0 radical (unpaired) electrons. The van der Waals surface area contributed by atoms with Crippen LogP contribution in [0.3, 0.4) is 0 Å². The summed E-state index contributed by atoms with van der Waals surface area (Å²) in [5.74, 6) is -0.175. The van der Waals surface area contributed by atoms with Crippen molar-refractivity contribution in [3.8, 4) is 0 Å². The summed E-state index contributed by atoms with van der Waals surface area (Å²) >= 11 is 1.28. The molecule has 0 bridgehead atoms. The smallest absolute Gasteiger partial charge is 0.350 e. The van der Waals surface area contributed by atoms with E-state index in [0.717, 1.165) is 5.56 Å². The van der Waals surface area contributed by atoms with Crippen LogP contribution in [0.1, 0.15) is 27.3 Å². The second-order valence-corrected chi connectivity index (χ2v) is 6.55. The van der Waals surface area contributed by atoms with E-state index in [1.165, 1.54) is 11.3 Å². The molecule has 0 saturated carbocycles. The molecule has 1 saturated heterocycles. The Balaban J connectivity index is 1.52. The van der Waals surface area contributed by atoms with Crippen LogP contribution in [0.4, 0.5) is 0 Å². The lowest BCUT2D eigenvalue weighted by Gasteiger charge is -2.16. The summed E-state index contributed by atoms with van der Waals surface area (Å²) in [4.78, 5) is 30.5. The molecule has 1 fully saturated rings. The van der Waals surface area contributed by atoms with Crippen molar-refractivity contribution in [2.45, 2.75) is 19.9 Å². The van der Waals surface area contributed by atoms with E-state index in [1.807, 2.05) is 35.2 Å². The van der Waals surface area contributed by atoms with Crippen LogP contribution >= 0.6 is 11.3 Å². The van der Waals surface area contributed by atoms with E-state index in [-0.39, 0.29) is 24.4 Å². The quantitative estimate of drug-likeness (QED) is 0.791. The Kier molecular flexibility index (Phi) is 4.71. The number of rotatable bonds is 5. The number of esters is 1. The number of ether oxygens (including phenoxy) is 1. The zero-order chi connectivity index (χ0) is 16.2. The zero-order valence-electron chi connectivity index (χ0n) is 12.9. The topological polar surface area (TPSA) is 59.5 Å². The van der Waals surface area contributed by atoms with Gasteiger partial charge < -0.3 is 9.64 Å². The van der Waals surface area contributed by atoms with Gasteiger partial charge in [-0.25, -0.2) is 9.78 Å². The summed E-state index contributed by atoms with van der Waals surface area (Å²) < 4.78 is 5.35. The van der Waals surface area contributed by atoms with E-state index in [1.54, 1.807) is 12.4 Å². The first-order valence-corrected chi connectivity index (χ1v) is 8.40. The number of thiazole rings is 1. The van der Waals surface area contributed by atoms with Gasteiger partial charge >= 0.3 is 5.97 Å². The number of carbonyl (C=O) groups excluding carboxylic acids is 2. The number of amides is 1. The molecule has 1 aliphatic heterocycles. The van der Waals surface area contributed by atoms with Crippen LogP contribution in [0.15, 0.2) is 35.8 Å². The molecule has 1 unspecified atom stereocenters. The van der Waals surface area contributed by atoms with Gasteiger partial charge in [0.05, 0.1) is 17.8 Å². The monoisotopic (exact) mass is 330 g/mol. The summed E-state index contributed by atoms with van der Waals surface area (Å²) in [5, 5.41) is 0. The molecule has 1 amide bonds. The molecular weight excluding hydrogens is 312 g/mol. The third kappa shape index (κ3) is 3.76. The highest BCUT2D eigenvalue weighted by Gasteiger charge is 2.30. The Bertz CT molecular complexity index is 699. The predicted molar refractivity (Wildman–Crippen MR) is 87.1 cm³/mol. The highest BCUT2D eigenvalue weighted by molar-refractivity contribution is 7.11. The number of hydrogen-bond donors (Lipinski definition) is 0. The van der Waals surface area contributed by atoms with Gasteiger partial charge in [-0.1, -0.05) is 30.3 Å². The third-order valence-electron chi connectivity index (χ3n) is 3.89. The normalized spacial score (nSPS) is 17.5. The highest BCUT2D eigenvalue weighted by atomic mass is 32.1. The van der Waals surface area contributed by atoms with Crippen molar-refractivity contribution in [3.63, 3.8) is 0 Å². The van der Waals surface area contributed by atoms with Crippen LogP contribution in [0.2, 0.25) is 0 Å². The lowest BCUT2D eigenvalue weighted by Crippen LogP contribution is -2.25. The maximum atomic E-state index is 12.1. The van der Waals surface area contributed by atoms with Crippen molar-refractivity contribution in [1.82, 2.24) is 9.88 Å². The van der Waals surface area contributed by atoms with E-state index < -0.39 is 0 Å². The molecule has 6 heteroatoms. The van der Waals surface area contributed by atoms with Crippen molar-refractivity contribution in [3.05, 3.63) is 52.0 Å².